The molecule has 1 aromatic carbocycles. The summed E-state index contributed by atoms with van der Waals surface area (Å²) in [6.07, 6.45) is 1.54. The van der Waals surface area contributed by atoms with Crippen molar-refractivity contribution in [2.45, 2.75) is 32.8 Å². The summed E-state index contributed by atoms with van der Waals surface area (Å²) in [5, 5.41) is 6.42. The largest absolute Gasteiger partial charge is 0.370 e. The van der Waals surface area contributed by atoms with Gasteiger partial charge in [0.2, 0.25) is 0 Å². The highest BCUT2D eigenvalue weighted by molar-refractivity contribution is 5.87. The minimum atomic E-state index is -0.250. The number of carbonyl (C=O) groups is 1. The molecule has 1 N–H and O–H groups in total. The molecule has 24 heavy (non-hydrogen) atoms. The van der Waals surface area contributed by atoms with Crippen molar-refractivity contribution in [1.82, 2.24) is 15.0 Å². The Morgan fingerprint density at radius 2 is 2.08 bits per heavy atom. The second kappa shape index (κ2) is 7.44. The van der Waals surface area contributed by atoms with Crippen molar-refractivity contribution in [2.75, 3.05) is 25.0 Å². The van der Waals surface area contributed by atoms with E-state index in [2.05, 4.69) is 46.6 Å². The van der Waals surface area contributed by atoms with Crippen LogP contribution in [0.4, 0.5) is 10.8 Å². The molecule has 128 valence electrons. The number of benzene rings is 1. The maximum Gasteiger partial charge on any atom is 0.329 e. The van der Waals surface area contributed by atoms with Gasteiger partial charge in [0, 0.05) is 13.0 Å². The number of aromatic nitrogens is 2. The van der Waals surface area contributed by atoms with Gasteiger partial charge in [0.1, 0.15) is 6.10 Å². The van der Waals surface area contributed by atoms with E-state index in [4.69, 9.17) is 9.26 Å². The fraction of sp³-hybridized carbons (Fsp3) is 0.471. The zero-order valence-electron chi connectivity index (χ0n) is 14.0. The third-order valence-corrected chi connectivity index (χ3v) is 4.11. The van der Waals surface area contributed by atoms with Gasteiger partial charge in [-0.3, -0.25) is 5.32 Å². The summed E-state index contributed by atoms with van der Waals surface area (Å²) in [7, 11) is 0. The van der Waals surface area contributed by atoms with Crippen molar-refractivity contribution in [3.05, 3.63) is 41.2 Å². The molecule has 0 saturated carbocycles. The van der Waals surface area contributed by atoms with Crippen molar-refractivity contribution in [1.29, 1.82) is 0 Å². The van der Waals surface area contributed by atoms with Crippen LogP contribution in [0.15, 0.2) is 28.8 Å². The van der Waals surface area contributed by atoms with Gasteiger partial charge in [-0.1, -0.05) is 43.3 Å². The van der Waals surface area contributed by atoms with Crippen LogP contribution in [-0.4, -0.2) is 40.8 Å². The smallest absolute Gasteiger partial charge is 0.329 e. The Labute approximate surface area is 141 Å². The second-order valence-corrected chi connectivity index (χ2v) is 5.70. The number of amides is 2. The first-order valence-corrected chi connectivity index (χ1v) is 8.28. The quantitative estimate of drug-likeness (QED) is 0.932. The summed E-state index contributed by atoms with van der Waals surface area (Å²) in [4.78, 5) is 18.2. The lowest BCUT2D eigenvalue weighted by Crippen LogP contribution is -2.44. The van der Waals surface area contributed by atoms with E-state index in [9.17, 15) is 4.79 Å². The van der Waals surface area contributed by atoms with E-state index in [0.29, 0.717) is 31.9 Å². The van der Waals surface area contributed by atoms with Crippen LogP contribution in [0, 0.1) is 0 Å². The molecule has 0 unspecified atom stereocenters. The summed E-state index contributed by atoms with van der Waals surface area (Å²) in [5.74, 6) is 0.571. The van der Waals surface area contributed by atoms with E-state index in [1.165, 1.54) is 5.56 Å². The molecular weight excluding hydrogens is 308 g/mol. The maximum absolute atomic E-state index is 12.4. The number of aryl methyl sites for hydroxylation is 2. The Morgan fingerprint density at radius 1 is 1.29 bits per heavy atom. The van der Waals surface area contributed by atoms with Crippen LogP contribution in [0.5, 0.6) is 0 Å². The fourth-order valence-corrected chi connectivity index (χ4v) is 2.62. The summed E-state index contributed by atoms with van der Waals surface area (Å²) in [6.45, 7) is 5.57. The Morgan fingerprint density at radius 3 is 2.75 bits per heavy atom. The van der Waals surface area contributed by atoms with Crippen molar-refractivity contribution < 1.29 is 14.1 Å². The van der Waals surface area contributed by atoms with Crippen LogP contribution in [0.3, 0.4) is 0 Å². The number of carbonyl (C=O) groups excluding carboxylic acids is 1. The predicted octanol–water partition coefficient (Wildman–Crippen LogP) is 2.80. The molecule has 7 heteroatoms. The van der Waals surface area contributed by atoms with E-state index in [1.54, 1.807) is 4.90 Å². The summed E-state index contributed by atoms with van der Waals surface area (Å²) >= 11 is 0. The molecule has 0 radical (unpaired) electrons. The van der Waals surface area contributed by atoms with Crippen molar-refractivity contribution in [3.63, 3.8) is 0 Å². The lowest BCUT2D eigenvalue weighted by molar-refractivity contribution is -0.0135. The van der Waals surface area contributed by atoms with Crippen LogP contribution in [-0.2, 0) is 17.6 Å². The first-order valence-electron chi connectivity index (χ1n) is 8.28. The molecule has 3 rings (SSSR count). The third-order valence-electron chi connectivity index (χ3n) is 4.11. The topological polar surface area (TPSA) is 80.5 Å². The monoisotopic (exact) mass is 330 g/mol. The van der Waals surface area contributed by atoms with Crippen LogP contribution in [0.25, 0.3) is 0 Å². The first kappa shape index (κ1) is 16.4. The number of hydrogen-bond donors (Lipinski definition) is 1. The minimum Gasteiger partial charge on any atom is -0.370 e. The molecule has 1 aromatic heterocycles. The zero-order chi connectivity index (χ0) is 16.9. The molecule has 2 heterocycles. The lowest BCUT2D eigenvalue weighted by Gasteiger charge is -2.32. The number of urea groups is 1. The molecule has 0 spiro atoms. The number of nitrogens with one attached hydrogen (secondary N) is 1. The van der Waals surface area contributed by atoms with Gasteiger partial charge in [0.25, 0.3) is 0 Å². The summed E-state index contributed by atoms with van der Waals surface area (Å²) in [5.41, 5.74) is 2.36. The SMILES string of the molecule is CCc1ccc([C@@H]2CN(C(=O)Nc3nc(CC)no3)CCO2)cc1. The Hall–Kier alpha value is -2.41. The summed E-state index contributed by atoms with van der Waals surface area (Å²) in [6, 6.07) is 8.21. The molecule has 2 amide bonds. The van der Waals surface area contributed by atoms with Crippen LogP contribution >= 0.6 is 0 Å². The van der Waals surface area contributed by atoms with Crippen LogP contribution < -0.4 is 5.32 Å². The van der Waals surface area contributed by atoms with Gasteiger partial charge in [0.15, 0.2) is 5.82 Å². The normalized spacial score (nSPS) is 17.8. The predicted molar refractivity (Wildman–Crippen MR) is 88.8 cm³/mol. The average molecular weight is 330 g/mol. The highest BCUT2D eigenvalue weighted by Crippen LogP contribution is 2.23. The zero-order valence-corrected chi connectivity index (χ0v) is 14.0. The molecule has 1 aliphatic rings. The molecule has 1 atom stereocenters. The number of morpholine rings is 1. The number of hydrogen-bond acceptors (Lipinski definition) is 5. The van der Waals surface area contributed by atoms with Gasteiger partial charge in [-0.25, -0.2) is 4.79 Å². The molecule has 1 aliphatic heterocycles. The highest BCUT2D eigenvalue weighted by atomic mass is 16.5. The van der Waals surface area contributed by atoms with Gasteiger partial charge in [-0.15, -0.1) is 0 Å². The van der Waals surface area contributed by atoms with Gasteiger partial charge in [-0.05, 0) is 17.5 Å². The Balaban J connectivity index is 1.62. The maximum atomic E-state index is 12.4. The van der Waals surface area contributed by atoms with Gasteiger partial charge >= 0.3 is 12.0 Å². The molecule has 1 saturated heterocycles. The highest BCUT2D eigenvalue weighted by Gasteiger charge is 2.26. The molecular formula is C17H22N4O3. The first-order chi connectivity index (χ1) is 11.7. The molecule has 0 aliphatic carbocycles. The van der Waals surface area contributed by atoms with Crippen molar-refractivity contribution in [3.8, 4) is 0 Å². The Kier molecular flexibility index (Phi) is 5.10. The van der Waals surface area contributed by atoms with Crippen LogP contribution in [0.1, 0.15) is 36.9 Å². The number of ether oxygens (including phenoxy) is 1. The number of rotatable bonds is 4. The van der Waals surface area contributed by atoms with Crippen LogP contribution in [0.2, 0.25) is 0 Å². The van der Waals surface area contributed by atoms with E-state index >= 15 is 0 Å². The number of nitrogens with zero attached hydrogens (tertiary/aromatic N) is 3. The number of anilines is 1. The van der Waals surface area contributed by atoms with E-state index in [1.807, 2.05) is 6.92 Å². The van der Waals surface area contributed by atoms with E-state index < -0.39 is 0 Å². The molecule has 7 nitrogen and oxygen atoms in total. The van der Waals surface area contributed by atoms with Crippen molar-refractivity contribution in [2.24, 2.45) is 0 Å². The average Bonchev–Trinajstić information content (AvgIpc) is 3.09. The standard InChI is InChI=1S/C17H22N4O3/c1-3-12-5-7-13(8-6-12)14-11-21(9-10-23-14)17(22)19-16-18-15(4-2)20-24-16/h5-8,14H,3-4,9-11H2,1-2H3,(H,18,19,20,22)/t14-/m0/s1. The van der Waals surface area contributed by atoms with E-state index in [-0.39, 0.29) is 18.1 Å². The van der Waals surface area contributed by atoms with Gasteiger partial charge in [0.05, 0.1) is 13.2 Å². The molecule has 1 fully saturated rings. The van der Waals surface area contributed by atoms with Crippen molar-refractivity contribution >= 4 is 12.0 Å². The fourth-order valence-electron chi connectivity index (χ4n) is 2.62. The third kappa shape index (κ3) is 3.73. The minimum absolute atomic E-state index is 0.121. The second-order valence-electron chi connectivity index (χ2n) is 5.70. The lowest BCUT2D eigenvalue weighted by atomic mass is 10.0. The molecule has 0 bridgehead atoms. The summed E-state index contributed by atoms with van der Waals surface area (Å²) < 4.78 is 10.8. The Bertz CT molecular complexity index is 683. The van der Waals surface area contributed by atoms with E-state index in [0.717, 1.165) is 12.0 Å². The van der Waals surface area contributed by atoms with Gasteiger partial charge in [-0.2, -0.15) is 4.98 Å². The molecule has 2 aromatic rings. The van der Waals surface area contributed by atoms with Gasteiger partial charge < -0.3 is 14.2 Å².